The van der Waals surface area contributed by atoms with Gasteiger partial charge in [0.1, 0.15) is 17.5 Å². The van der Waals surface area contributed by atoms with Gasteiger partial charge in [-0.2, -0.15) is 0 Å². The second-order valence-electron chi connectivity index (χ2n) is 6.50. The molecule has 3 rings (SSSR count). The number of sulfonamides is 1. The fourth-order valence-electron chi connectivity index (χ4n) is 2.73. The number of amides is 1. The highest BCUT2D eigenvalue weighted by atomic mass is 32.2. The number of carbonyl (C=O) groups excluding carboxylic acids is 1. The third-order valence-corrected chi connectivity index (χ3v) is 5.70. The van der Waals surface area contributed by atoms with Crippen molar-refractivity contribution < 1.29 is 26.4 Å². The van der Waals surface area contributed by atoms with E-state index in [0.29, 0.717) is 0 Å². The van der Waals surface area contributed by atoms with Gasteiger partial charge >= 0.3 is 0 Å². The van der Waals surface area contributed by atoms with Gasteiger partial charge < -0.3 is 5.32 Å². The summed E-state index contributed by atoms with van der Waals surface area (Å²) in [5.41, 5.74) is 0.552. The van der Waals surface area contributed by atoms with Gasteiger partial charge in [0.05, 0.1) is 10.9 Å². The molecule has 3 aromatic carbocycles. The molecule has 0 aliphatic carbocycles. The van der Waals surface area contributed by atoms with Crippen molar-refractivity contribution in [3.05, 3.63) is 95.3 Å². The normalized spacial score (nSPS) is 12.3. The SMILES string of the molecule is C[C@@H](NC(=O)c1ccc(NS(=O)(=O)c2ccc(F)cc2)cc1)c1ccc(F)cc1F. The Morgan fingerprint density at radius 1 is 0.867 bits per heavy atom. The van der Waals surface area contributed by atoms with E-state index in [0.717, 1.165) is 36.4 Å². The molecular formula is C21H17F3N2O3S. The lowest BCUT2D eigenvalue weighted by atomic mass is 10.1. The fourth-order valence-corrected chi connectivity index (χ4v) is 3.79. The lowest BCUT2D eigenvalue weighted by Crippen LogP contribution is -2.27. The molecule has 0 aliphatic heterocycles. The van der Waals surface area contributed by atoms with Crippen LogP contribution < -0.4 is 10.0 Å². The number of rotatable bonds is 6. The number of carbonyl (C=O) groups is 1. The van der Waals surface area contributed by atoms with E-state index in [1.807, 2.05) is 0 Å². The van der Waals surface area contributed by atoms with Crippen LogP contribution in [0, 0.1) is 17.5 Å². The van der Waals surface area contributed by atoms with Crippen LogP contribution in [0.1, 0.15) is 28.9 Å². The van der Waals surface area contributed by atoms with Crippen molar-refractivity contribution in [2.75, 3.05) is 4.72 Å². The maximum atomic E-state index is 13.8. The molecule has 0 heterocycles. The van der Waals surface area contributed by atoms with Crippen LogP contribution in [0.3, 0.4) is 0 Å². The lowest BCUT2D eigenvalue weighted by Gasteiger charge is -2.15. The Balaban J connectivity index is 1.69. The minimum Gasteiger partial charge on any atom is -0.345 e. The minimum absolute atomic E-state index is 0.110. The molecule has 1 amide bonds. The second-order valence-corrected chi connectivity index (χ2v) is 8.18. The Labute approximate surface area is 171 Å². The zero-order valence-corrected chi connectivity index (χ0v) is 16.5. The predicted molar refractivity (Wildman–Crippen MR) is 106 cm³/mol. The topological polar surface area (TPSA) is 75.3 Å². The van der Waals surface area contributed by atoms with Crippen LogP contribution in [-0.4, -0.2) is 14.3 Å². The summed E-state index contributed by atoms with van der Waals surface area (Å²) in [6.45, 7) is 1.55. The zero-order chi connectivity index (χ0) is 21.9. The molecule has 0 bridgehead atoms. The molecule has 0 aromatic heterocycles. The maximum Gasteiger partial charge on any atom is 0.261 e. The van der Waals surface area contributed by atoms with Crippen LogP contribution in [0.5, 0.6) is 0 Å². The van der Waals surface area contributed by atoms with E-state index in [1.165, 1.54) is 30.3 Å². The molecule has 2 N–H and O–H groups in total. The molecule has 0 saturated carbocycles. The molecule has 0 aliphatic rings. The van der Waals surface area contributed by atoms with Crippen LogP contribution in [-0.2, 0) is 10.0 Å². The highest BCUT2D eigenvalue weighted by Crippen LogP contribution is 2.20. The predicted octanol–water partition coefficient (Wildman–Crippen LogP) is 4.40. The van der Waals surface area contributed by atoms with Crippen molar-refractivity contribution in [3.8, 4) is 0 Å². The van der Waals surface area contributed by atoms with Gasteiger partial charge in [0.15, 0.2) is 0 Å². The van der Waals surface area contributed by atoms with Crippen molar-refractivity contribution >= 4 is 21.6 Å². The fraction of sp³-hybridized carbons (Fsp3) is 0.0952. The van der Waals surface area contributed by atoms with Crippen molar-refractivity contribution in [2.45, 2.75) is 17.9 Å². The standard InChI is InChI=1S/C21H17F3N2O3S/c1-13(19-11-6-16(23)12-20(19)24)25-21(27)14-2-7-17(8-3-14)26-30(28,29)18-9-4-15(22)5-10-18/h2-13,26H,1H3,(H,25,27)/t13-/m1/s1. The largest absolute Gasteiger partial charge is 0.345 e. The highest BCUT2D eigenvalue weighted by molar-refractivity contribution is 7.92. The van der Waals surface area contributed by atoms with Crippen LogP contribution in [0.4, 0.5) is 18.9 Å². The number of halogens is 3. The van der Waals surface area contributed by atoms with Crippen molar-refractivity contribution in [1.82, 2.24) is 5.32 Å². The van der Waals surface area contributed by atoms with Gasteiger partial charge in [0, 0.05) is 22.9 Å². The number of hydrogen-bond donors (Lipinski definition) is 2. The first-order valence-electron chi connectivity index (χ1n) is 8.80. The van der Waals surface area contributed by atoms with Crippen molar-refractivity contribution in [1.29, 1.82) is 0 Å². The molecule has 3 aromatic rings. The molecule has 0 spiro atoms. The summed E-state index contributed by atoms with van der Waals surface area (Å²) in [6, 6.07) is 12.3. The summed E-state index contributed by atoms with van der Waals surface area (Å²) in [4.78, 5) is 12.3. The Bertz CT molecular complexity index is 1170. The summed E-state index contributed by atoms with van der Waals surface area (Å²) in [6.07, 6.45) is 0. The van der Waals surface area contributed by atoms with Gasteiger partial charge in [-0.05, 0) is 61.5 Å². The second kappa shape index (κ2) is 8.58. The van der Waals surface area contributed by atoms with Crippen LogP contribution in [0.15, 0.2) is 71.6 Å². The third-order valence-electron chi connectivity index (χ3n) is 4.30. The van der Waals surface area contributed by atoms with Crippen molar-refractivity contribution in [3.63, 3.8) is 0 Å². The average molecular weight is 434 g/mol. The summed E-state index contributed by atoms with van der Waals surface area (Å²) >= 11 is 0. The van der Waals surface area contributed by atoms with Gasteiger partial charge in [0.25, 0.3) is 15.9 Å². The van der Waals surface area contributed by atoms with Gasteiger partial charge in [-0.1, -0.05) is 6.07 Å². The van der Waals surface area contributed by atoms with E-state index in [4.69, 9.17) is 0 Å². The number of hydrogen-bond acceptors (Lipinski definition) is 3. The number of benzene rings is 3. The molecular weight excluding hydrogens is 417 g/mol. The van der Waals surface area contributed by atoms with Crippen LogP contribution >= 0.6 is 0 Å². The van der Waals surface area contributed by atoms with E-state index in [1.54, 1.807) is 6.92 Å². The average Bonchev–Trinajstić information content (AvgIpc) is 2.68. The minimum atomic E-state index is -3.92. The van der Waals surface area contributed by atoms with Gasteiger partial charge in [-0.15, -0.1) is 0 Å². The van der Waals surface area contributed by atoms with E-state index in [2.05, 4.69) is 10.0 Å². The Morgan fingerprint density at radius 2 is 1.47 bits per heavy atom. The number of anilines is 1. The first kappa shape index (κ1) is 21.4. The van der Waals surface area contributed by atoms with E-state index < -0.39 is 39.4 Å². The van der Waals surface area contributed by atoms with Crippen molar-refractivity contribution in [2.24, 2.45) is 0 Å². The summed E-state index contributed by atoms with van der Waals surface area (Å²) in [5, 5.41) is 2.60. The maximum absolute atomic E-state index is 13.8. The number of nitrogens with one attached hydrogen (secondary N) is 2. The molecule has 0 unspecified atom stereocenters. The smallest absolute Gasteiger partial charge is 0.261 e. The summed E-state index contributed by atoms with van der Waals surface area (Å²) in [7, 11) is -3.92. The molecule has 156 valence electrons. The molecule has 5 nitrogen and oxygen atoms in total. The van der Waals surface area contributed by atoms with E-state index in [9.17, 15) is 26.4 Å². The molecule has 1 atom stereocenters. The van der Waals surface area contributed by atoms with Crippen LogP contribution in [0.2, 0.25) is 0 Å². The molecule has 0 saturated heterocycles. The zero-order valence-electron chi connectivity index (χ0n) is 15.7. The van der Waals surface area contributed by atoms with Gasteiger partial charge in [0.2, 0.25) is 0 Å². The Kier molecular flexibility index (Phi) is 6.12. The first-order valence-corrected chi connectivity index (χ1v) is 10.3. The first-order chi connectivity index (χ1) is 14.2. The summed E-state index contributed by atoms with van der Waals surface area (Å²) in [5.74, 6) is -2.56. The van der Waals surface area contributed by atoms with Gasteiger partial charge in [-0.25, -0.2) is 21.6 Å². The van der Waals surface area contributed by atoms with E-state index >= 15 is 0 Å². The molecule has 9 heteroatoms. The van der Waals surface area contributed by atoms with Crippen LogP contribution in [0.25, 0.3) is 0 Å². The molecule has 0 fully saturated rings. The Hall–Kier alpha value is -3.33. The molecule has 0 radical (unpaired) electrons. The van der Waals surface area contributed by atoms with Gasteiger partial charge in [-0.3, -0.25) is 9.52 Å². The Morgan fingerprint density at radius 3 is 2.07 bits per heavy atom. The summed E-state index contributed by atoms with van der Waals surface area (Å²) < 4.78 is 66.8. The third kappa shape index (κ3) is 4.98. The monoisotopic (exact) mass is 434 g/mol. The highest BCUT2D eigenvalue weighted by Gasteiger charge is 2.17. The molecule has 30 heavy (non-hydrogen) atoms. The van der Waals surface area contributed by atoms with E-state index in [-0.39, 0.29) is 21.7 Å². The quantitative estimate of drug-likeness (QED) is 0.604. The lowest BCUT2D eigenvalue weighted by molar-refractivity contribution is 0.0939.